The fraction of sp³-hybridized carbons (Fsp3) is 0.227. The largest absolute Gasteiger partial charge is 0.359 e. The van der Waals surface area contributed by atoms with Crippen LogP contribution in [0.2, 0.25) is 5.02 Å². The van der Waals surface area contributed by atoms with E-state index in [1.807, 2.05) is 35.2 Å². The van der Waals surface area contributed by atoms with Crippen molar-refractivity contribution in [1.82, 2.24) is 4.90 Å². The average Bonchev–Trinajstić information content (AvgIpc) is 3.17. The second-order valence-electron chi connectivity index (χ2n) is 7.55. The van der Waals surface area contributed by atoms with E-state index in [4.69, 9.17) is 11.6 Å². The van der Waals surface area contributed by atoms with Crippen molar-refractivity contribution in [3.8, 4) is 0 Å². The molecule has 4 atom stereocenters. The van der Waals surface area contributed by atoms with Crippen molar-refractivity contribution in [1.29, 1.82) is 0 Å². The van der Waals surface area contributed by atoms with Gasteiger partial charge in [-0.3, -0.25) is 14.4 Å². The minimum atomic E-state index is -0.801. The molecule has 7 heteroatoms. The normalized spacial score (nSPS) is 27.1. The summed E-state index contributed by atoms with van der Waals surface area (Å²) in [6.07, 6.45) is 3.70. The Kier molecular flexibility index (Phi) is 3.90. The lowest BCUT2D eigenvalue weighted by atomic mass is 9.84. The summed E-state index contributed by atoms with van der Waals surface area (Å²) in [5.74, 6) is -3.16. The fourth-order valence-electron chi connectivity index (χ4n) is 4.90. The van der Waals surface area contributed by atoms with Crippen LogP contribution in [0.5, 0.6) is 0 Å². The molecule has 2 amide bonds. The summed E-state index contributed by atoms with van der Waals surface area (Å²) in [4.78, 5) is 42.2. The van der Waals surface area contributed by atoms with Gasteiger partial charge in [0.2, 0.25) is 11.8 Å². The maximum atomic E-state index is 13.6. The highest BCUT2D eigenvalue weighted by molar-refractivity contribution is 6.31. The Morgan fingerprint density at radius 2 is 1.79 bits per heavy atom. The Morgan fingerprint density at radius 1 is 1.07 bits per heavy atom. The number of fused-ring (bicyclic) bond motifs is 5. The van der Waals surface area contributed by atoms with Gasteiger partial charge in [0.05, 0.1) is 34.6 Å². The molecule has 2 aromatic rings. The van der Waals surface area contributed by atoms with Crippen molar-refractivity contribution in [2.45, 2.75) is 19.0 Å². The molecule has 2 fully saturated rings. The molecule has 0 bridgehead atoms. The van der Waals surface area contributed by atoms with Crippen LogP contribution >= 0.6 is 11.6 Å². The molecule has 0 aliphatic carbocycles. The summed E-state index contributed by atoms with van der Waals surface area (Å²) in [5.41, 5.74) is 2.09. The van der Waals surface area contributed by atoms with E-state index in [2.05, 4.69) is 0 Å². The van der Waals surface area contributed by atoms with Crippen molar-refractivity contribution in [3.63, 3.8) is 0 Å². The van der Waals surface area contributed by atoms with Gasteiger partial charge in [0.1, 0.15) is 5.82 Å². The van der Waals surface area contributed by atoms with Crippen LogP contribution in [0.15, 0.2) is 48.7 Å². The molecular formula is C22H16ClFN2O3. The maximum absolute atomic E-state index is 13.6. The molecule has 3 aliphatic heterocycles. The van der Waals surface area contributed by atoms with E-state index in [0.717, 1.165) is 22.1 Å². The number of imide groups is 1. The van der Waals surface area contributed by atoms with E-state index in [0.29, 0.717) is 0 Å². The zero-order valence-electron chi connectivity index (χ0n) is 15.4. The van der Waals surface area contributed by atoms with Gasteiger partial charge in [-0.1, -0.05) is 35.9 Å². The van der Waals surface area contributed by atoms with Crippen LogP contribution in [0.4, 0.5) is 10.1 Å². The molecule has 3 aliphatic rings. The van der Waals surface area contributed by atoms with E-state index in [1.54, 1.807) is 6.20 Å². The Balaban J connectivity index is 1.65. The summed E-state index contributed by atoms with van der Waals surface area (Å²) in [6.45, 7) is 1.44. The van der Waals surface area contributed by atoms with Gasteiger partial charge >= 0.3 is 0 Å². The molecule has 29 heavy (non-hydrogen) atoms. The van der Waals surface area contributed by atoms with Gasteiger partial charge in [0.15, 0.2) is 5.78 Å². The predicted molar refractivity (Wildman–Crippen MR) is 105 cm³/mol. The van der Waals surface area contributed by atoms with Crippen molar-refractivity contribution >= 4 is 41.0 Å². The van der Waals surface area contributed by atoms with E-state index < -0.39 is 41.6 Å². The Morgan fingerprint density at radius 3 is 2.52 bits per heavy atom. The monoisotopic (exact) mass is 410 g/mol. The second-order valence-corrected chi connectivity index (χ2v) is 7.96. The van der Waals surface area contributed by atoms with Crippen LogP contribution in [-0.2, 0) is 14.4 Å². The molecule has 0 unspecified atom stereocenters. The Bertz CT molecular complexity index is 1110. The van der Waals surface area contributed by atoms with Gasteiger partial charge in [-0.05, 0) is 42.3 Å². The first-order valence-corrected chi connectivity index (χ1v) is 9.66. The maximum Gasteiger partial charge on any atom is 0.240 e. The predicted octanol–water partition coefficient (Wildman–Crippen LogP) is 3.58. The van der Waals surface area contributed by atoms with E-state index >= 15 is 0 Å². The molecule has 2 aromatic carbocycles. The van der Waals surface area contributed by atoms with E-state index in [-0.39, 0.29) is 16.5 Å². The lowest BCUT2D eigenvalue weighted by Gasteiger charge is -2.34. The highest BCUT2D eigenvalue weighted by atomic mass is 35.5. The summed E-state index contributed by atoms with van der Waals surface area (Å²) >= 11 is 5.87. The molecule has 3 heterocycles. The number of nitrogens with zero attached hydrogens (tertiary/aromatic N) is 2. The number of hydrogen-bond acceptors (Lipinski definition) is 4. The quantitative estimate of drug-likeness (QED) is 0.710. The zero-order valence-corrected chi connectivity index (χ0v) is 16.1. The molecular weight excluding hydrogens is 395 g/mol. The van der Waals surface area contributed by atoms with Crippen molar-refractivity contribution in [2.24, 2.45) is 11.8 Å². The molecule has 2 saturated heterocycles. The van der Waals surface area contributed by atoms with Crippen LogP contribution in [-0.4, -0.2) is 28.5 Å². The first kappa shape index (κ1) is 18.1. The summed E-state index contributed by atoms with van der Waals surface area (Å²) < 4.78 is 13.6. The number of Topliss-reactive ketones (excluding diaryl/α,β-unsaturated/α-hetero) is 1. The standard InChI is InChI=1S/C22H16ClFN2O3/c1-11(27)19-17-18(20-14-5-3-2-4-12(14)8-9-25(19)20)22(29)26(21(17)28)13-6-7-16(24)15(23)10-13/h2-10,17-20H,1H3/t17-,18+,19-,20-/m1/s1. The summed E-state index contributed by atoms with van der Waals surface area (Å²) in [5, 5.41) is -0.171. The Labute approximate surface area is 171 Å². The van der Waals surface area contributed by atoms with E-state index in [1.165, 1.54) is 19.1 Å². The molecule has 5 rings (SSSR count). The Hall–Kier alpha value is -2.99. The van der Waals surface area contributed by atoms with Gasteiger partial charge < -0.3 is 4.90 Å². The highest BCUT2D eigenvalue weighted by Crippen LogP contribution is 2.53. The number of carbonyl (C=O) groups excluding carboxylic acids is 3. The molecule has 0 N–H and O–H groups in total. The molecule has 146 valence electrons. The molecule has 5 nitrogen and oxygen atoms in total. The molecule has 0 aromatic heterocycles. The number of carbonyl (C=O) groups is 3. The summed E-state index contributed by atoms with van der Waals surface area (Å²) in [7, 11) is 0. The van der Waals surface area contributed by atoms with Crippen LogP contribution in [0.1, 0.15) is 24.1 Å². The van der Waals surface area contributed by atoms with Crippen molar-refractivity contribution < 1.29 is 18.8 Å². The van der Waals surface area contributed by atoms with Crippen LogP contribution < -0.4 is 4.90 Å². The lowest BCUT2D eigenvalue weighted by molar-refractivity contribution is -0.129. The van der Waals surface area contributed by atoms with Crippen molar-refractivity contribution in [3.05, 3.63) is 70.6 Å². The number of benzene rings is 2. The lowest BCUT2D eigenvalue weighted by Crippen LogP contribution is -2.43. The number of anilines is 1. The fourth-order valence-corrected chi connectivity index (χ4v) is 5.07. The SMILES string of the molecule is CC(=O)[C@@H]1[C@@H]2C(=O)N(c3ccc(F)c(Cl)c3)C(=O)[C@@H]2[C@H]2c3ccccc3C=CN12. The first-order chi connectivity index (χ1) is 13.9. The third kappa shape index (κ3) is 2.42. The van der Waals surface area contributed by atoms with Gasteiger partial charge in [-0.25, -0.2) is 9.29 Å². The van der Waals surface area contributed by atoms with Gasteiger partial charge in [-0.2, -0.15) is 0 Å². The topological polar surface area (TPSA) is 57.7 Å². The number of amides is 2. The second kappa shape index (κ2) is 6.26. The molecule has 0 spiro atoms. The molecule has 0 radical (unpaired) electrons. The number of halogens is 2. The van der Waals surface area contributed by atoms with Gasteiger partial charge in [0.25, 0.3) is 0 Å². The van der Waals surface area contributed by atoms with Crippen molar-refractivity contribution in [2.75, 3.05) is 4.90 Å². The third-order valence-electron chi connectivity index (χ3n) is 6.04. The summed E-state index contributed by atoms with van der Waals surface area (Å²) in [6, 6.07) is 10.3. The minimum Gasteiger partial charge on any atom is -0.359 e. The van der Waals surface area contributed by atoms with Crippen LogP contribution in [0, 0.1) is 17.7 Å². The highest BCUT2D eigenvalue weighted by Gasteiger charge is 2.63. The van der Waals surface area contributed by atoms with Gasteiger partial charge in [-0.15, -0.1) is 0 Å². The molecule has 0 saturated carbocycles. The smallest absolute Gasteiger partial charge is 0.240 e. The van der Waals surface area contributed by atoms with Crippen LogP contribution in [0.25, 0.3) is 6.08 Å². The number of hydrogen-bond donors (Lipinski definition) is 0. The first-order valence-electron chi connectivity index (χ1n) is 9.28. The minimum absolute atomic E-state index is 0.171. The third-order valence-corrected chi connectivity index (χ3v) is 6.33. The zero-order chi connectivity index (χ0) is 20.4. The van der Waals surface area contributed by atoms with E-state index in [9.17, 15) is 18.8 Å². The van der Waals surface area contributed by atoms with Gasteiger partial charge in [0, 0.05) is 6.20 Å². The average molecular weight is 411 g/mol. The van der Waals surface area contributed by atoms with Crippen LogP contribution in [0.3, 0.4) is 0 Å². The number of ketones is 1. The number of rotatable bonds is 2.